The predicted molar refractivity (Wildman–Crippen MR) is 267 cm³/mol. The summed E-state index contributed by atoms with van der Waals surface area (Å²) in [6.45, 7) is 29.3. The molecule has 14 heteroatoms. The lowest BCUT2D eigenvalue weighted by Gasteiger charge is -2.47. The van der Waals surface area contributed by atoms with Crippen LogP contribution in [-0.4, -0.2) is 129 Å². The number of methoxy groups -OCH3 is 2. The number of amides is 1. The van der Waals surface area contributed by atoms with Gasteiger partial charge in [-0.25, -0.2) is 4.79 Å². The second-order valence-corrected chi connectivity index (χ2v) is 27.4. The Morgan fingerprint density at radius 3 is 2.13 bits per heavy atom. The fraction of sp³-hybridized carbons (Fsp3) is 0.815. The molecule has 4 rings (SSSR count). The summed E-state index contributed by atoms with van der Waals surface area (Å²) in [4.78, 5) is 60.3. The van der Waals surface area contributed by atoms with Crippen molar-refractivity contribution in [3.63, 3.8) is 0 Å². The molecule has 0 aromatic rings. The topological polar surface area (TPSA) is 167 Å². The number of carbonyl (C=O) groups excluding carboxylic acids is 4. The number of aliphatic hydroxyl groups is 2. The molecule has 0 aromatic carbocycles. The summed E-state index contributed by atoms with van der Waals surface area (Å²) in [5.74, 6) is -6.97. The van der Waals surface area contributed by atoms with Crippen LogP contribution < -0.4 is 0 Å². The van der Waals surface area contributed by atoms with Crippen LogP contribution >= 0.6 is 0 Å². The Morgan fingerprint density at radius 1 is 0.912 bits per heavy atom. The third-order valence-electron chi connectivity index (χ3n) is 16.1. The average molecular weight is 974 g/mol. The number of rotatable bonds is 13. The molecule has 68 heavy (non-hydrogen) atoms. The van der Waals surface area contributed by atoms with Crippen LogP contribution in [0.2, 0.25) is 16.6 Å². The first-order chi connectivity index (χ1) is 32.0. The van der Waals surface area contributed by atoms with E-state index in [0.717, 1.165) is 11.1 Å². The molecule has 3 heterocycles. The number of Topliss-reactive ketones (excluding diaryl/α,β-unsaturated/α-hetero) is 2. The third kappa shape index (κ3) is 13.5. The van der Waals surface area contributed by atoms with E-state index in [-0.39, 0.29) is 66.0 Å². The van der Waals surface area contributed by atoms with Gasteiger partial charge in [-0.05, 0) is 112 Å². The van der Waals surface area contributed by atoms with Crippen molar-refractivity contribution in [2.24, 2.45) is 29.6 Å². The molecule has 13 nitrogen and oxygen atoms in total. The van der Waals surface area contributed by atoms with Gasteiger partial charge in [0.1, 0.15) is 24.0 Å². The fourth-order valence-electron chi connectivity index (χ4n) is 12.3. The monoisotopic (exact) mass is 974 g/mol. The van der Waals surface area contributed by atoms with Crippen LogP contribution in [0.15, 0.2) is 36.0 Å². The molecular weight excluding hydrogens is 883 g/mol. The molecule has 3 fully saturated rings. The number of hydrogen-bond acceptors (Lipinski definition) is 12. The van der Waals surface area contributed by atoms with Crippen LogP contribution in [0.4, 0.5) is 0 Å². The standard InChI is InChI=1S/C54H91NO12Si/c1-16-24-64-46-30-40(21-22-43(46)56)28-37(11)49-39(13)45(67-68(32(3)4,33(5)6)34(7)8)31-44(57)41(17-2)26-35(9)25-36(10)27-47(62-14)50-48(63-15)29-38(12)54(61,66-50)51(58)52(59)55-23-19-18-20-42(55)53(60)65-49/h16,26,28,32-34,36,38-43,45-50,56,61H,1,17-25,27,29-31H2,2-15H3. The number of hydrogen-bond donors (Lipinski definition) is 2. The highest BCUT2D eigenvalue weighted by Crippen LogP contribution is 2.46. The van der Waals surface area contributed by atoms with E-state index in [0.29, 0.717) is 58.0 Å². The number of esters is 1. The van der Waals surface area contributed by atoms with E-state index in [4.69, 9.17) is 28.1 Å². The normalized spacial score (nSPS) is 36.0. The van der Waals surface area contributed by atoms with Crippen molar-refractivity contribution in [1.29, 1.82) is 0 Å². The molecular formula is C54H91NO12Si. The first-order valence-corrected chi connectivity index (χ1v) is 28.1. The Morgan fingerprint density at radius 2 is 1.54 bits per heavy atom. The molecule has 4 aliphatic rings. The molecule has 2 bridgehead atoms. The zero-order chi connectivity index (χ0) is 50.8. The molecule has 2 N–H and O–H groups in total. The molecule has 0 aromatic heterocycles. The molecule has 3 aliphatic heterocycles. The lowest BCUT2D eigenvalue weighted by molar-refractivity contribution is -0.302. The Labute approximate surface area is 410 Å². The predicted octanol–water partition coefficient (Wildman–Crippen LogP) is 9.23. The highest BCUT2D eigenvalue weighted by Gasteiger charge is 2.57. The van der Waals surface area contributed by atoms with Crippen molar-refractivity contribution in [3.8, 4) is 0 Å². The molecule has 388 valence electrons. The van der Waals surface area contributed by atoms with Crippen LogP contribution in [0.1, 0.15) is 154 Å². The molecule has 14 unspecified atom stereocenters. The summed E-state index contributed by atoms with van der Waals surface area (Å²) in [6.07, 6.45) is 6.57. The largest absolute Gasteiger partial charge is 0.456 e. The van der Waals surface area contributed by atoms with Crippen LogP contribution in [0.5, 0.6) is 0 Å². The molecule has 0 spiro atoms. The molecule has 2 saturated heterocycles. The van der Waals surface area contributed by atoms with Crippen molar-refractivity contribution in [1.82, 2.24) is 4.90 Å². The van der Waals surface area contributed by atoms with E-state index in [9.17, 15) is 29.4 Å². The van der Waals surface area contributed by atoms with Gasteiger partial charge >= 0.3 is 5.97 Å². The summed E-state index contributed by atoms with van der Waals surface area (Å²) in [6, 6.07) is -1.12. The van der Waals surface area contributed by atoms with Crippen LogP contribution in [0.3, 0.4) is 0 Å². The summed E-state index contributed by atoms with van der Waals surface area (Å²) in [5, 5.41) is 23.1. The Hall–Kier alpha value is -2.56. The van der Waals surface area contributed by atoms with Gasteiger partial charge in [-0.2, -0.15) is 0 Å². The molecule has 14 atom stereocenters. The van der Waals surface area contributed by atoms with Gasteiger partial charge in [-0.15, -0.1) is 6.58 Å². The number of ketones is 2. The second-order valence-electron chi connectivity index (χ2n) is 21.9. The van der Waals surface area contributed by atoms with Crippen LogP contribution in [0.25, 0.3) is 0 Å². The number of fused-ring (bicyclic) bond motifs is 3. The maximum absolute atomic E-state index is 15.0. The van der Waals surface area contributed by atoms with Gasteiger partial charge in [0.15, 0.2) is 0 Å². The number of aliphatic hydroxyl groups excluding tert-OH is 1. The number of nitrogens with zero attached hydrogens (tertiary/aromatic N) is 1. The van der Waals surface area contributed by atoms with E-state index in [1.54, 1.807) is 27.2 Å². The summed E-state index contributed by atoms with van der Waals surface area (Å²) in [7, 11) is 0.457. The zero-order valence-electron chi connectivity index (χ0n) is 44.3. The van der Waals surface area contributed by atoms with Crippen molar-refractivity contribution in [2.45, 2.75) is 225 Å². The van der Waals surface area contributed by atoms with Gasteiger partial charge in [0.25, 0.3) is 11.7 Å². The van der Waals surface area contributed by atoms with Crippen molar-refractivity contribution < 1.29 is 57.5 Å². The van der Waals surface area contributed by atoms with Crippen LogP contribution in [-0.2, 0) is 47.3 Å². The minimum absolute atomic E-state index is 0.0106. The summed E-state index contributed by atoms with van der Waals surface area (Å²) in [5.41, 5.74) is 2.43. The zero-order valence-corrected chi connectivity index (χ0v) is 45.3. The average Bonchev–Trinajstić information content (AvgIpc) is 3.29. The van der Waals surface area contributed by atoms with Crippen molar-refractivity contribution in [2.75, 3.05) is 27.4 Å². The fourth-order valence-corrected chi connectivity index (χ4v) is 18.0. The first kappa shape index (κ1) is 58.0. The minimum atomic E-state index is -2.66. The van der Waals surface area contributed by atoms with E-state index >= 15 is 0 Å². The molecule has 1 amide bonds. The van der Waals surface area contributed by atoms with Gasteiger partial charge in [-0.1, -0.05) is 93.0 Å². The van der Waals surface area contributed by atoms with E-state index in [2.05, 4.69) is 67.2 Å². The molecule has 1 aliphatic carbocycles. The van der Waals surface area contributed by atoms with Crippen molar-refractivity contribution >= 4 is 31.8 Å². The number of piperidine rings is 1. The van der Waals surface area contributed by atoms with Crippen LogP contribution in [0, 0.1) is 29.6 Å². The van der Waals surface area contributed by atoms with E-state index in [1.807, 2.05) is 27.7 Å². The summed E-state index contributed by atoms with van der Waals surface area (Å²) < 4.78 is 38.6. The number of ether oxygens (including phenoxy) is 5. The minimum Gasteiger partial charge on any atom is -0.456 e. The second kappa shape index (κ2) is 25.7. The SMILES string of the molecule is C=CCOC1CC(C=C(C)C2OC(=O)C3CCCCN3C(=O)C(=O)C3(O)OC(C(OC)CC(C)CC(C)=CC(CC)C(=O)CC(O[Si](C(C)C)(C(C)C)C(C)C)C2C)C(OC)CC3C)CCC1O. The van der Waals surface area contributed by atoms with Gasteiger partial charge in [0.2, 0.25) is 14.1 Å². The Balaban J connectivity index is 1.93. The smallest absolute Gasteiger partial charge is 0.329 e. The van der Waals surface area contributed by atoms with Gasteiger partial charge in [0.05, 0.1) is 37.1 Å². The third-order valence-corrected chi connectivity index (χ3v) is 22.2. The Bertz CT molecular complexity index is 1740. The van der Waals surface area contributed by atoms with Gasteiger partial charge in [0, 0.05) is 44.9 Å². The number of allylic oxidation sites excluding steroid dienone is 3. The molecule has 0 radical (unpaired) electrons. The van der Waals surface area contributed by atoms with Crippen molar-refractivity contribution in [3.05, 3.63) is 36.0 Å². The van der Waals surface area contributed by atoms with E-state index < -0.39 is 92.4 Å². The van der Waals surface area contributed by atoms with E-state index in [1.165, 1.54) is 4.90 Å². The highest BCUT2D eigenvalue weighted by atomic mass is 28.4. The molecule has 1 saturated carbocycles. The maximum atomic E-state index is 15.0. The number of carbonyl (C=O) groups is 4. The highest BCUT2D eigenvalue weighted by molar-refractivity contribution is 6.77. The first-order valence-electron chi connectivity index (χ1n) is 26.0. The Kier molecular flexibility index (Phi) is 21.9. The lowest BCUT2D eigenvalue weighted by Crippen LogP contribution is -2.64. The van der Waals surface area contributed by atoms with Gasteiger partial charge < -0.3 is 43.2 Å². The lowest BCUT2D eigenvalue weighted by atomic mass is 9.81. The quantitative estimate of drug-likeness (QED) is 0.0779. The maximum Gasteiger partial charge on any atom is 0.329 e. The summed E-state index contributed by atoms with van der Waals surface area (Å²) >= 11 is 0. The van der Waals surface area contributed by atoms with Gasteiger partial charge in [-0.3, -0.25) is 14.4 Å². The number of cyclic esters (lactones) is 1.